The van der Waals surface area contributed by atoms with Gasteiger partial charge in [0.25, 0.3) is 0 Å². The minimum Gasteiger partial charge on any atom is -0.309 e. The molecule has 0 fully saturated rings. The van der Waals surface area contributed by atoms with E-state index in [1.165, 1.54) is 5.57 Å². The maximum Gasteiger partial charge on any atom is 0.0652 e. The van der Waals surface area contributed by atoms with E-state index in [1.807, 2.05) is 0 Å². The predicted molar refractivity (Wildman–Crippen MR) is 72.6 cm³/mol. The number of benzene rings is 1. The Kier molecular flexibility index (Phi) is 5.63. The SMILES string of the molecule is CC(C)=CCNCc1c(Cl)ccc(Cl)c1Cl. The molecule has 0 bridgehead atoms. The third-order valence-electron chi connectivity index (χ3n) is 2.10. The summed E-state index contributed by atoms with van der Waals surface area (Å²) in [6.07, 6.45) is 2.10. The Labute approximate surface area is 111 Å². The van der Waals surface area contributed by atoms with E-state index in [-0.39, 0.29) is 0 Å². The molecule has 4 heteroatoms. The zero-order valence-corrected chi connectivity index (χ0v) is 11.5. The van der Waals surface area contributed by atoms with Gasteiger partial charge in [-0.25, -0.2) is 0 Å². The smallest absolute Gasteiger partial charge is 0.0652 e. The highest BCUT2D eigenvalue weighted by Gasteiger charge is 2.08. The van der Waals surface area contributed by atoms with Crippen LogP contribution < -0.4 is 5.32 Å². The Morgan fingerprint density at radius 2 is 1.81 bits per heavy atom. The first kappa shape index (κ1) is 13.9. The number of hydrogen-bond acceptors (Lipinski definition) is 1. The summed E-state index contributed by atoms with van der Waals surface area (Å²) in [5.41, 5.74) is 2.12. The van der Waals surface area contributed by atoms with Crippen LogP contribution in [0.15, 0.2) is 23.8 Å². The van der Waals surface area contributed by atoms with Crippen molar-refractivity contribution in [2.24, 2.45) is 0 Å². The van der Waals surface area contributed by atoms with E-state index in [0.717, 1.165) is 12.1 Å². The Morgan fingerprint density at radius 3 is 2.44 bits per heavy atom. The normalized spacial score (nSPS) is 10.3. The molecule has 1 nitrogen and oxygen atoms in total. The maximum absolute atomic E-state index is 6.07. The molecule has 0 unspecified atom stereocenters. The average molecular weight is 279 g/mol. The third-order valence-corrected chi connectivity index (χ3v) is 3.29. The molecule has 0 aromatic heterocycles. The van der Waals surface area contributed by atoms with E-state index in [2.05, 4.69) is 25.2 Å². The Hall–Kier alpha value is -0.210. The number of nitrogens with one attached hydrogen (secondary N) is 1. The van der Waals surface area contributed by atoms with Crippen molar-refractivity contribution < 1.29 is 0 Å². The van der Waals surface area contributed by atoms with Crippen LogP contribution in [0.25, 0.3) is 0 Å². The largest absolute Gasteiger partial charge is 0.309 e. The van der Waals surface area contributed by atoms with Crippen molar-refractivity contribution in [2.45, 2.75) is 20.4 Å². The maximum atomic E-state index is 6.07. The minimum atomic E-state index is 0.527. The zero-order chi connectivity index (χ0) is 12.1. The van der Waals surface area contributed by atoms with E-state index in [0.29, 0.717) is 21.6 Å². The van der Waals surface area contributed by atoms with Crippen molar-refractivity contribution in [3.05, 3.63) is 44.4 Å². The van der Waals surface area contributed by atoms with Gasteiger partial charge in [-0.2, -0.15) is 0 Å². The first-order chi connectivity index (χ1) is 7.52. The standard InChI is InChI=1S/C12H14Cl3N/c1-8(2)5-6-16-7-9-10(13)3-4-11(14)12(9)15/h3-5,16H,6-7H2,1-2H3. The predicted octanol–water partition coefficient (Wildman–Crippen LogP) is 4.70. The summed E-state index contributed by atoms with van der Waals surface area (Å²) in [6.45, 7) is 5.52. The summed E-state index contributed by atoms with van der Waals surface area (Å²) in [6, 6.07) is 3.46. The molecule has 1 N–H and O–H groups in total. The molecule has 1 rings (SSSR count). The summed E-state index contributed by atoms with van der Waals surface area (Å²) < 4.78 is 0. The fraction of sp³-hybridized carbons (Fsp3) is 0.333. The van der Waals surface area contributed by atoms with Gasteiger partial charge in [0.2, 0.25) is 0 Å². The van der Waals surface area contributed by atoms with Crippen LogP contribution in [0.3, 0.4) is 0 Å². The molecule has 1 aromatic carbocycles. The molecule has 0 amide bonds. The summed E-state index contributed by atoms with van der Waals surface area (Å²) in [4.78, 5) is 0. The van der Waals surface area contributed by atoms with E-state index in [4.69, 9.17) is 34.8 Å². The van der Waals surface area contributed by atoms with Gasteiger partial charge in [0, 0.05) is 23.7 Å². The molecular formula is C12H14Cl3N. The number of halogens is 3. The van der Waals surface area contributed by atoms with Gasteiger partial charge >= 0.3 is 0 Å². The molecule has 0 aliphatic rings. The highest BCUT2D eigenvalue weighted by Crippen LogP contribution is 2.31. The molecule has 88 valence electrons. The molecule has 0 saturated carbocycles. The van der Waals surface area contributed by atoms with Gasteiger partial charge in [0.1, 0.15) is 0 Å². The average Bonchev–Trinajstić information content (AvgIpc) is 2.22. The summed E-state index contributed by atoms with van der Waals surface area (Å²) in [5.74, 6) is 0. The van der Waals surface area contributed by atoms with Crippen LogP contribution in [-0.2, 0) is 6.54 Å². The van der Waals surface area contributed by atoms with Crippen LogP contribution in [0.2, 0.25) is 15.1 Å². The molecule has 16 heavy (non-hydrogen) atoms. The lowest BCUT2D eigenvalue weighted by Gasteiger charge is -2.08. The van der Waals surface area contributed by atoms with E-state index < -0.39 is 0 Å². The Balaban J connectivity index is 2.67. The van der Waals surface area contributed by atoms with Crippen molar-refractivity contribution in [2.75, 3.05) is 6.54 Å². The third kappa shape index (κ3) is 3.99. The van der Waals surface area contributed by atoms with E-state index in [9.17, 15) is 0 Å². The van der Waals surface area contributed by atoms with Crippen LogP contribution in [-0.4, -0.2) is 6.54 Å². The second-order valence-corrected chi connectivity index (χ2v) is 4.93. The molecule has 0 radical (unpaired) electrons. The van der Waals surface area contributed by atoms with Gasteiger partial charge in [-0.3, -0.25) is 0 Å². The van der Waals surface area contributed by atoms with E-state index in [1.54, 1.807) is 12.1 Å². The fourth-order valence-corrected chi connectivity index (χ4v) is 1.89. The van der Waals surface area contributed by atoms with Crippen LogP contribution in [0.5, 0.6) is 0 Å². The van der Waals surface area contributed by atoms with Crippen LogP contribution in [0.4, 0.5) is 0 Å². The van der Waals surface area contributed by atoms with Crippen molar-refractivity contribution >= 4 is 34.8 Å². The zero-order valence-electron chi connectivity index (χ0n) is 9.28. The van der Waals surface area contributed by atoms with Gasteiger partial charge in [0.05, 0.1) is 10.0 Å². The Morgan fingerprint density at radius 1 is 1.19 bits per heavy atom. The molecule has 0 atom stereocenters. The Bertz CT molecular complexity index is 395. The summed E-state index contributed by atoms with van der Waals surface area (Å²) in [5, 5.41) is 4.94. The van der Waals surface area contributed by atoms with Crippen molar-refractivity contribution in [1.82, 2.24) is 5.32 Å². The summed E-state index contributed by atoms with van der Waals surface area (Å²) in [7, 11) is 0. The van der Waals surface area contributed by atoms with E-state index >= 15 is 0 Å². The van der Waals surface area contributed by atoms with Crippen LogP contribution in [0.1, 0.15) is 19.4 Å². The van der Waals surface area contributed by atoms with Crippen molar-refractivity contribution in [3.8, 4) is 0 Å². The lowest BCUT2D eigenvalue weighted by atomic mass is 10.2. The molecule has 0 aliphatic carbocycles. The first-order valence-electron chi connectivity index (χ1n) is 4.99. The number of rotatable bonds is 4. The van der Waals surface area contributed by atoms with Crippen LogP contribution >= 0.6 is 34.8 Å². The number of hydrogen-bond donors (Lipinski definition) is 1. The lowest BCUT2D eigenvalue weighted by molar-refractivity contribution is 0.757. The molecule has 0 aliphatic heterocycles. The topological polar surface area (TPSA) is 12.0 Å². The van der Waals surface area contributed by atoms with Crippen molar-refractivity contribution in [3.63, 3.8) is 0 Å². The molecule has 1 aromatic rings. The molecular weight excluding hydrogens is 264 g/mol. The molecule has 0 heterocycles. The highest BCUT2D eigenvalue weighted by molar-refractivity contribution is 6.44. The number of allylic oxidation sites excluding steroid dienone is 1. The van der Waals surface area contributed by atoms with Crippen LogP contribution in [0, 0.1) is 0 Å². The van der Waals surface area contributed by atoms with Gasteiger partial charge in [-0.15, -0.1) is 0 Å². The first-order valence-corrected chi connectivity index (χ1v) is 6.12. The van der Waals surface area contributed by atoms with Gasteiger partial charge in [0.15, 0.2) is 0 Å². The van der Waals surface area contributed by atoms with Gasteiger partial charge in [-0.05, 0) is 26.0 Å². The monoisotopic (exact) mass is 277 g/mol. The fourth-order valence-electron chi connectivity index (χ4n) is 1.20. The highest BCUT2D eigenvalue weighted by atomic mass is 35.5. The minimum absolute atomic E-state index is 0.527. The lowest BCUT2D eigenvalue weighted by Crippen LogP contribution is -2.13. The second-order valence-electron chi connectivity index (χ2n) is 3.73. The van der Waals surface area contributed by atoms with Gasteiger partial charge < -0.3 is 5.32 Å². The second kappa shape index (κ2) is 6.51. The van der Waals surface area contributed by atoms with Gasteiger partial charge in [-0.1, -0.05) is 46.5 Å². The van der Waals surface area contributed by atoms with Crippen molar-refractivity contribution in [1.29, 1.82) is 0 Å². The molecule has 0 saturated heterocycles. The molecule has 0 spiro atoms. The summed E-state index contributed by atoms with van der Waals surface area (Å²) >= 11 is 18.0. The quantitative estimate of drug-likeness (QED) is 0.478.